The summed E-state index contributed by atoms with van der Waals surface area (Å²) in [5.74, 6) is -1.68. The van der Waals surface area contributed by atoms with Crippen LogP contribution < -0.4 is 10.2 Å². The van der Waals surface area contributed by atoms with Crippen LogP contribution in [0.25, 0.3) is 10.9 Å². The van der Waals surface area contributed by atoms with Crippen molar-refractivity contribution in [3.63, 3.8) is 0 Å². The van der Waals surface area contributed by atoms with E-state index in [2.05, 4.69) is 26.5 Å². The fraction of sp³-hybridized carbons (Fsp3) is 0.333. The van der Waals surface area contributed by atoms with E-state index in [1.807, 2.05) is 12.1 Å². The van der Waals surface area contributed by atoms with E-state index in [0.717, 1.165) is 47.9 Å². The zero-order valence-electron chi connectivity index (χ0n) is 15.4. The van der Waals surface area contributed by atoms with Gasteiger partial charge in [-0.1, -0.05) is 12.1 Å². The number of piperidine rings is 1. The first-order chi connectivity index (χ1) is 13.6. The van der Waals surface area contributed by atoms with E-state index in [1.165, 1.54) is 6.07 Å². The van der Waals surface area contributed by atoms with Crippen LogP contribution in [0.2, 0.25) is 0 Å². The van der Waals surface area contributed by atoms with Crippen molar-refractivity contribution in [2.45, 2.75) is 31.6 Å². The van der Waals surface area contributed by atoms with Gasteiger partial charge in [-0.2, -0.15) is 10.2 Å². The van der Waals surface area contributed by atoms with Gasteiger partial charge in [0, 0.05) is 36.1 Å². The molecular weight excluding hydrogens is 362 g/mol. The van der Waals surface area contributed by atoms with Crippen LogP contribution in [0.3, 0.4) is 0 Å². The molecule has 0 radical (unpaired) electrons. The van der Waals surface area contributed by atoms with Crippen LogP contribution in [0, 0.1) is 11.6 Å². The van der Waals surface area contributed by atoms with E-state index in [0.29, 0.717) is 12.2 Å². The number of ether oxygens (including phenoxy) is 1. The highest BCUT2D eigenvalue weighted by Gasteiger charge is 2.38. The van der Waals surface area contributed by atoms with Gasteiger partial charge in [0.15, 0.2) is 11.6 Å². The number of anilines is 2. The zero-order valence-corrected chi connectivity index (χ0v) is 15.4. The second-order valence-corrected chi connectivity index (χ2v) is 7.49. The van der Waals surface area contributed by atoms with Gasteiger partial charge in [0.2, 0.25) is 0 Å². The average Bonchev–Trinajstić information content (AvgIpc) is 2.69. The van der Waals surface area contributed by atoms with Gasteiger partial charge in [-0.25, -0.2) is 8.78 Å². The molecule has 0 spiro atoms. The average molecular weight is 382 g/mol. The van der Waals surface area contributed by atoms with Gasteiger partial charge in [0.1, 0.15) is 0 Å². The minimum Gasteiger partial charge on any atom is -0.377 e. The quantitative estimate of drug-likeness (QED) is 0.738. The number of nitrogens with zero attached hydrogens (tertiary/aromatic N) is 3. The van der Waals surface area contributed by atoms with Crippen molar-refractivity contribution in [3.8, 4) is 0 Å². The van der Waals surface area contributed by atoms with Crippen LogP contribution in [-0.4, -0.2) is 35.5 Å². The van der Waals surface area contributed by atoms with Crippen LogP contribution in [0.5, 0.6) is 0 Å². The lowest BCUT2D eigenvalue weighted by Crippen LogP contribution is -2.57. The first-order valence-electron chi connectivity index (χ1n) is 9.45. The molecule has 1 N–H and O–H groups in total. The molecule has 28 heavy (non-hydrogen) atoms. The second-order valence-electron chi connectivity index (χ2n) is 7.49. The highest BCUT2D eigenvalue weighted by Crippen LogP contribution is 2.34. The predicted molar refractivity (Wildman–Crippen MR) is 103 cm³/mol. The summed E-state index contributed by atoms with van der Waals surface area (Å²) in [4.78, 5) is 2.32. The summed E-state index contributed by atoms with van der Waals surface area (Å²) in [7, 11) is 0. The molecule has 4 heterocycles. The van der Waals surface area contributed by atoms with Crippen molar-refractivity contribution in [3.05, 3.63) is 59.8 Å². The Morgan fingerprint density at radius 1 is 1.18 bits per heavy atom. The topological polar surface area (TPSA) is 50.3 Å². The fourth-order valence-electron chi connectivity index (χ4n) is 4.09. The highest BCUT2D eigenvalue weighted by molar-refractivity contribution is 5.93. The molecule has 3 aliphatic rings. The molecule has 0 amide bonds. The summed E-state index contributed by atoms with van der Waals surface area (Å²) in [6, 6.07) is 9.84. The number of fused-ring (bicyclic) bond motifs is 3. The molecule has 3 fully saturated rings. The van der Waals surface area contributed by atoms with E-state index in [9.17, 15) is 8.78 Å². The number of hydrogen-bond acceptors (Lipinski definition) is 5. The maximum absolute atomic E-state index is 14.2. The van der Waals surface area contributed by atoms with Gasteiger partial charge in [-0.05, 0) is 31.2 Å². The van der Waals surface area contributed by atoms with Gasteiger partial charge in [-0.3, -0.25) is 0 Å². The summed E-state index contributed by atoms with van der Waals surface area (Å²) in [5.41, 5.74) is 2.86. The molecule has 6 rings (SSSR count). The van der Waals surface area contributed by atoms with Crippen LogP contribution in [0.1, 0.15) is 24.9 Å². The lowest BCUT2D eigenvalue weighted by molar-refractivity contribution is -0.133. The Balaban J connectivity index is 1.47. The van der Waals surface area contributed by atoms with Crippen molar-refractivity contribution in [2.24, 2.45) is 0 Å². The number of rotatable bonds is 4. The Morgan fingerprint density at radius 2 is 1.96 bits per heavy atom. The first-order valence-corrected chi connectivity index (χ1v) is 9.45. The number of hydrogen-bond donors (Lipinski definition) is 1. The summed E-state index contributed by atoms with van der Waals surface area (Å²) >= 11 is 0. The molecule has 144 valence electrons. The lowest BCUT2D eigenvalue weighted by Gasteiger charge is -2.48. The molecule has 0 aliphatic carbocycles. The lowest BCUT2D eigenvalue weighted by atomic mass is 9.98. The van der Waals surface area contributed by atoms with E-state index in [1.54, 1.807) is 19.2 Å². The third kappa shape index (κ3) is 2.96. The molecule has 7 heteroatoms. The highest BCUT2D eigenvalue weighted by atomic mass is 19.2. The van der Waals surface area contributed by atoms with Crippen molar-refractivity contribution >= 4 is 22.3 Å². The predicted octanol–water partition coefficient (Wildman–Crippen LogP) is 4.06. The van der Waals surface area contributed by atoms with Gasteiger partial charge < -0.3 is 15.0 Å². The maximum atomic E-state index is 14.2. The molecule has 5 nitrogen and oxygen atoms in total. The number of nitrogens with one attached hydrogen (secondary N) is 1. The molecular formula is C21H20F2N4O. The molecule has 2 aromatic carbocycles. The minimum absolute atomic E-state index is 0.273. The normalized spacial score (nSPS) is 22.0. The molecule has 2 bridgehead atoms. The smallest absolute Gasteiger partial charge is 0.164 e. The molecule has 3 saturated heterocycles. The van der Waals surface area contributed by atoms with Gasteiger partial charge in [0.25, 0.3) is 0 Å². The summed E-state index contributed by atoms with van der Waals surface area (Å²) in [6.07, 6.45) is 3.40. The fourth-order valence-corrected chi connectivity index (χ4v) is 4.09. The van der Waals surface area contributed by atoms with Crippen molar-refractivity contribution in [1.82, 2.24) is 10.2 Å². The molecule has 1 aromatic heterocycles. The number of morpholine rings is 1. The van der Waals surface area contributed by atoms with E-state index >= 15 is 0 Å². The summed E-state index contributed by atoms with van der Waals surface area (Å²) < 4.78 is 33.5. The zero-order chi connectivity index (χ0) is 19.3. The largest absolute Gasteiger partial charge is 0.377 e. The standard InChI is InChI=1S/C21H20F2N4O/c1-12(16-3-2-4-18(22)21(16)23)25-20-9-24-26-19-6-5-13(7-17(19)20)27-10-14-8-15(11-27)28-14/h2-7,9,12,14-15H,8,10-11H2,1H3,(H,25,26)/t12-,14?,15?/m1/s1. The number of aromatic nitrogens is 2. The Labute approximate surface area is 161 Å². The van der Waals surface area contributed by atoms with Gasteiger partial charge >= 0.3 is 0 Å². The van der Waals surface area contributed by atoms with Crippen LogP contribution in [0.15, 0.2) is 42.6 Å². The second kappa shape index (κ2) is 6.67. The van der Waals surface area contributed by atoms with Crippen molar-refractivity contribution < 1.29 is 13.5 Å². The molecule has 3 aromatic rings. The number of benzene rings is 2. The SMILES string of the molecule is C[C@@H](Nc1cnnc2ccc(N3CC4CC(C3)O4)cc12)c1cccc(F)c1F. The van der Waals surface area contributed by atoms with E-state index in [4.69, 9.17) is 4.74 Å². The molecule has 2 unspecified atom stereocenters. The Morgan fingerprint density at radius 3 is 2.75 bits per heavy atom. The Hall–Kier alpha value is -2.80. The van der Waals surface area contributed by atoms with Crippen LogP contribution >= 0.6 is 0 Å². The minimum atomic E-state index is -0.850. The monoisotopic (exact) mass is 382 g/mol. The summed E-state index contributed by atoms with van der Waals surface area (Å²) in [6.45, 7) is 3.56. The van der Waals surface area contributed by atoms with Crippen molar-refractivity contribution in [2.75, 3.05) is 23.3 Å². The molecule has 3 aliphatic heterocycles. The third-order valence-electron chi connectivity index (χ3n) is 5.57. The summed E-state index contributed by atoms with van der Waals surface area (Å²) in [5, 5.41) is 12.4. The Bertz CT molecular complexity index is 1030. The Kier molecular flexibility index (Phi) is 4.12. The van der Waals surface area contributed by atoms with E-state index in [-0.39, 0.29) is 5.56 Å². The van der Waals surface area contributed by atoms with Crippen LogP contribution in [-0.2, 0) is 4.74 Å². The first kappa shape index (κ1) is 17.3. The third-order valence-corrected chi connectivity index (χ3v) is 5.57. The molecule has 3 atom stereocenters. The van der Waals surface area contributed by atoms with Gasteiger partial charge in [0.05, 0.1) is 35.7 Å². The molecule has 0 saturated carbocycles. The van der Waals surface area contributed by atoms with Gasteiger partial charge in [-0.15, -0.1) is 0 Å². The van der Waals surface area contributed by atoms with Crippen molar-refractivity contribution in [1.29, 1.82) is 0 Å². The van der Waals surface area contributed by atoms with E-state index < -0.39 is 17.7 Å². The maximum Gasteiger partial charge on any atom is 0.164 e. The van der Waals surface area contributed by atoms with Crippen LogP contribution in [0.4, 0.5) is 20.2 Å². The number of halogens is 2.